The van der Waals surface area contributed by atoms with Gasteiger partial charge in [-0.25, -0.2) is 4.79 Å². The molecule has 0 fully saturated rings. The molecule has 0 aliphatic rings. The highest BCUT2D eigenvalue weighted by Crippen LogP contribution is 2.21. The van der Waals surface area contributed by atoms with E-state index in [4.69, 9.17) is 5.11 Å². The minimum absolute atomic E-state index is 0.173. The van der Waals surface area contributed by atoms with Crippen molar-refractivity contribution >= 4 is 44.4 Å². The summed E-state index contributed by atoms with van der Waals surface area (Å²) in [5.74, 6) is -1.17. The standard InChI is InChI=1S/C17H13BrN2O3/c18-13-3-6-15-12(9-13)7-8-20(15)10-16(21)19-14-4-1-11(2-5-14)17(22)23/h1-9H,10H2,(H,19,21)(H,22,23). The number of nitrogens with one attached hydrogen (secondary N) is 1. The van der Waals surface area contributed by atoms with E-state index in [-0.39, 0.29) is 18.0 Å². The summed E-state index contributed by atoms with van der Waals surface area (Å²) in [5.41, 5.74) is 1.73. The molecule has 0 saturated carbocycles. The second-order valence-corrected chi connectivity index (χ2v) is 5.99. The topological polar surface area (TPSA) is 71.3 Å². The van der Waals surface area contributed by atoms with E-state index in [9.17, 15) is 9.59 Å². The summed E-state index contributed by atoms with van der Waals surface area (Å²) in [7, 11) is 0. The number of hydrogen-bond acceptors (Lipinski definition) is 2. The van der Waals surface area contributed by atoms with Crippen molar-refractivity contribution in [2.45, 2.75) is 6.54 Å². The van der Waals surface area contributed by atoms with Crippen LogP contribution >= 0.6 is 15.9 Å². The Balaban J connectivity index is 1.72. The van der Waals surface area contributed by atoms with Crippen molar-refractivity contribution in [3.05, 3.63) is 64.8 Å². The molecule has 0 atom stereocenters. The van der Waals surface area contributed by atoms with Crippen LogP contribution in [-0.4, -0.2) is 21.6 Å². The lowest BCUT2D eigenvalue weighted by atomic mass is 10.2. The summed E-state index contributed by atoms with van der Waals surface area (Å²) in [4.78, 5) is 23.0. The molecule has 2 aromatic carbocycles. The molecule has 23 heavy (non-hydrogen) atoms. The van der Waals surface area contributed by atoms with Gasteiger partial charge < -0.3 is 15.0 Å². The molecule has 2 N–H and O–H groups in total. The molecule has 0 spiro atoms. The van der Waals surface area contributed by atoms with Crippen molar-refractivity contribution in [1.82, 2.24) is 4.57 Å². The Morgan fingerprint density at radius 3 is 2.52 bits per heavy atom. The van der Waals surface area contributed by atoms with E-state index in [2.05, 4.69) is 21.2 Å². The van der Waals surface area contributed by atoms with Crippen LogP contribution in [0.1, 0.15) is 10.4 Å². The first-order chi connectivity index (χ1) is 11.0. The largest absolute Gasteiger partial charge is 0.478 e. The first kappa shape index (κ1) is 15.3. The molecule has 0 aliphatic carbocycles. The second-order valence-electron chi connectivity index (χ2n) is 5.08. The third kappa shape index (κ3) is 3.43. The van der Waals surface area contributed by atoms with Crippen LogP contribution in [0.5, 0.6) is 0 Å². The van der Waals surface area contributed by atoms with Gasteiger partial charge in [0.2, 0.25) is 5.91 Å². The number of hydrogen-bond donors (Lipinski definition) is 2. The number of fused-ring (bicyclic) bond motifs is 1. The van der Waals surface area contributed by atoms with Gasteiger partial charge in [0.25, 0.3) is 0 Å². The summed E-state index contributed by atoms with van der Waals surface area (Å²) in [5, 5.41) is 12.7. The average molecular weight is 373 g/mol. The Morgan fingerprint density at radius 2 is 1.83 bits per heavy atom. The maximum absolute atomic E-state index is 12.2. The predicted octanol–water partition coefficient (Wildman–Crippen LogP) is 3.74. The van der Waals surface area contributed by atoms with Crippen LogP contribution in [0.4, 0.5) is 5.69 Å². The van der Waals surface area contributed by atoms with E-state index in [1.54, 1.807) is 12.1 Å². The maximum Gasteiger partial charge on any atom is 0.335 e. The van der Waals surface area contributed by atoms with Crippen LogP contribution in [0.2, 0.25) is 0 Å². The Morgan fingerprint density at radius 1 is 1.09 bits per heavy atom. The molecule has 1 aromatic heterocycles. The normalized spacial score (nSPS) is 10.7. The number of carbonyl (C=O) groups excluding carboxylic acids is 1. The molecule has 0 radical (unpaired) electrons. The van der Waals surface area contributed by atoms with E-state index in [0.29, 0.717) is 5.69 Å². The smallest absolute Gasteiger partial charge is 0.335 e. The average Bonchev–Trinajstić information content (AvgIpc) is 2.89. The number of carboxylic acids is 1. The van der Waals surface area contributed by atoms with Crippen molar-refractivity contribution < 1.29 is 14.7 Å². The molecular formula is C17H13BrN2O3. The minimum atomic E-state index is -0.993. The van der Waals surface area contributed by atoms with Crippen molar-refractivity contribution in [2.24, 2.45) is 0 Å². The van der Waals surface area contributed by atoms with Gasteiger partial charge >= 0.3 is 5.97 Å². The van der Waals surface area contributed by atoms with Gasteiger partial charge in [0.1, 0.15) is 6.54 Å². The number of aromatic nitrogens is 1. The van der Waals surface area contributed by atoms with E-state index in [1.165, 1.54) is 12.1 Å². The fraction of sp³-hybridized carbons (Fsp3) is 0.0588. The van der Waals surface area contributed by atoms with E-state index < -0.39 is 5.97 Å². The first-order valence-electron chi connectivity index (χ1n) is 6.90. The molecule has 6 heteroatoms. The number of rotatable bonds is 4. The lowest BCUT2D eigenvalue weighted by molar-refractivity contribution is -0.116. The van der Waals surface area contributed by atoms with Crippen molar-refractivity contribution in [3.8, 4) is 0 Å². The summed E-state index contributed by atoms with van der Waals surface area (Å²) >= 11 is 3.42. The van der Waals surface area contributed by atoms with Gasteiger partial charge in [-0.05, 0) is 48.5 Å². The molecule has 0 unspecified atom stereocenters. The number of aromatic carboxylic acids is 1. The zero-order chi connectivity index (χ0) is 16.4. The lowest BCUT2D eigenvalue weighted by Crippen LogP contribution is -2.18. The Hall–Kier alpha value is -2.60. The van der Waals surface area contributed by atoms with Gasteiger partial charge in [0.05, 0.1) is 5.56 Å². The fourth-order valence-electron chi connectivity index (χ4n) is 2.36. The molecule has 5 nitrogen and oxygen atoms in total. The monoisotopic (exact) mass is 372 g/mol. The molecule has 3 aromatic rings. The van der Waals surface area contributed by atoms with E-state index in [0.717, 1.165) is 15.4 Å². The van der Waals surface area contributed by atoms with Crippen LogP contribution < -0.4 is 5.32 Å². The predicted molar refractivity (Wildman–Crippen MR) is 91.7 cm³/mol. The Labute approximate surface area is 140 Å². The van der Waals surface area contributed by atoms with Gasteiger partial charge in [-0.3, -0.25) is 4.79 Å². The summed E-state index contributed by atoms with van der Waals surface area (Å²) < 4.78 is 2.86. The Kier molecular flexibility index (Phi) is 4.16. The molecule has 1 amide bonds. The fourth-order valence-corrected chi connectivity index (χ4v) is 2.74. The van der Waals surface area contributed by atoms with Crippen molar-refractivity contribution in [1.29, 1.82) is 0 Å². The molecule has 116 valence electrons. The zero-order valence-electron chi connectivity index (χ0n) is 12.0. The van der Waals surface area contributed by atoms with Gasteiger partial charge in [0.15, 0.2) is 0 Å². The quantitative estimate of drug-likeness (QED) is 0.732. The summed E-state index contributed by atoms with van der Waals surface area (Å²) in [6, 6.07) is 13.9. The molecule has 0 aliphatic heterocycles. The molecule has 3 rings (SSSR count). The van der Waals surface area contributed by atoms with Gasteiger partial charge in [-0.15, -0.1) is 0 Å². The van der Waals surface area contributed by atoms with E-state index in [1.807, 2.05) is 35.0 Å². The first-order valence-corrected chi connectivity index (χ1v) is 7.70. The van der Waals surface area contributed by atoms with E-state index >= 15 is 0 Å². The second kappa shape index (κ2) is 6.26. The van der Waals surface area contributed by atoms with Gasteiger partial charge in [-0.2, -0.15) is 0 Å². The number of anilines is 1. The number of carbonyl (C=O) groups is 2. The lowest BCUT2D eigenvalue weighted by Gasteiger charge is -2.08. The third-order valence-corrected chi connectivity index (χ3v) is 3.96. The highest BCUT2D eigenvalue weighted by molar-refractivity contribution is 9.10. The molecule has 0 bridgehead atoms. The van der Waals surface area contributed by atoms with Gasteiger partial charge in [0, 0.05) is 27.3 Å². The van der Waals surface area contributed by atoms with Crippen molar-refractivity contribution in [3.63, 3.8) is 0 Å². The van der Waals surface area contributed by atoms with Crippen LogP contribution in [0.15, 0.2) is 59.2 Å². The van der Waals surface area contributed by atoms with Crippen LogP contribution in [0.25, 0.3) is 10.9 Å². The number of carboxylic acid groups (broad SMARTS) is 1. The van der Waals surface area contributed by atoms with Crippen LogP contribution in [0.3, 0.4) is 0 Å². The number of nitrogens with zero attached hydrogens (tertiary/aromatic N) is 1. The van der Waals surface area contributed by atoms with Crippen LogP contribution in [-0.2, 0) is 11.3 Å². The summed E-state index contributed by atoms with van der Waals surface area (Å²) in [6.45, 7) is 0.186. The zero-order valence-corrected chi connectivity index (χ0v) is 13.6. The maximum atomic E-state index is 12.2. The van der Waals surface area contributed by atoms with Gasteiger partial charge in [-0.1, -0.05) is 15.9 Å². The number of halogens is 1. The molecular weight excluding hydrogens is 360 g/mol. The highest BCUT2D eigenvalue weighted by atomic mass is 79.9. The SMILES string of the molecule is O=C(Cn1ccc2cc(Br)ccc21)Nc1ccc(C(=O)O)cc1. The number of benzene rings is 2. The molecule has 1 heterocycles. The van der Waals surface area contributed by atoms with Crippen molar-refractivity contribution in [2.75, 3.05) is 5.32 Å². The Bertz CT molecular complexity index is 884. The highest BCUT2D eigenvalue weighted by Gasteiger charge is 2.08. The number of amides is 1. The molecule has 0 saturated heterocycles. The summed E-state index contributed by atoms with van der Waals surface area (Å²) in [6.07, 6.45) is 1.87. The minimum Gasteiger partial charge on any atom is -0.478 e. The van der Waals surface area contributed by atoms with Crippen LogP contribution in [0, 0.1) is 0 Å². The third-order valence-electron chi connectivity index (χ3n) is 3.46.